The van der Waals surface area contributed by atoms with E-state index in [4.69, 9.17) is 23.1 Å². The molecule has 2 aromatic heterocycles. The van der Waals surface area contributed by atoms with Gasteiger partial charge in [0.15, 0.2) is 23.3 Å². The van der Waals surface area contributed by atoms with E-state index in [1.165, 1.54) is 0 Å². The van der Waals surface area contributed by atoms with Gasteiger partial charge in [0.05, 0.1) is 21.6 Å². The number of hydrogen-bond acceptors (Lipinski definition) is 6. The average Bonchev–Trinajstić information content (AvgIpc) is 2.81. The van der Waals surface area contributed by atoms with Crippen molar-refractivity contribution < 1.29 is 23.1 Å². The maximum absolute atomic E-state index is 15.4. The monoisotopic (exact) mass is 507 g/mol. The Kier molecular flexibility index (Phi) is 6.48. The number of nitrogens with two attached hydrogens (primary N) is 2. The molecule has 0 spiro atoms. The molecule has 184 valence electrons. The van der Waals surface area contributed by atoms with Crippen molar-refractivity contribution in [3.05, 3.63) is 67.7 Å². The van der Waals surface area contributed by atoms with Gasteiger partial charge in [0.2, 0.25) is 5.43 Å². The predicted octanol–water partition coefficient (Wildman–Crippen LogP) is 3.61. The third-order valence-electron chi connectivity index (χ3n) is 6.07. The van der Waals surface area contributed by atoms with Crippen molar-refractivity contribution in [2.75, 3.05) is 30.3 Å². The first-order valence-electron chi connectivity index (χ1n) is 10.6. The number of aromatic nitrogens is 2. The van der Waals surface area contributed by atoms with Crippen molar-refractivity contribution in [1.29, 1.82) is 0 Å². The highest BCUT2D eigenvalue weighted by Crippen LogP contribution is 2.38. The summed E-state index contributed by atoms with van der Waals surface area (Å²) in [5.74, 6) is -6.07. The molecule has 1 fully saturated rings. The van der Waals surface area contributed by atoms with Crippen LogP contribution in [0, 0.1) is 17.5 Å². The molecule has 3 heterocycles. The Balaban J connectivity index is 2.07. The number of anilines is 2. The molecule has 1 aliphatic heterocycles. The van der Waals surface area contributed by atoms with Gasteiger partial charge in [-0.25, -0.2) is 22.9 Å². The van der Waals surface area contributed by atoms with E-state index in [0.29, 0.717) is 32.1 Å². The fourth-order valence-corrected chi connectivity index (χ4v) is 4.61. The molecular weight excluding hydrogens is 487 g/mol. The minimum Gasteiger partial charge on any atom is -0.477 e. The van der Waals surface area contributed by atoms with Crippen molar-refractivity contribution >= 4 is 40.0 Å². The lowest BCUT2D eigenvalue weighted by Crippen LogP contribution is -2.33. The Hall–Kier alpha value is -3.57. The Bertz CT molecular complexity index is 1470. The summed E-state index contributed by atoms with van der Waals surface area (Å²) in [5, 5.41) is 8.83. The number of nitrogen functional groups attached to an aromatic ring is 1. The normalized spacial score (nSPS) is 15.5. The van der Waals surface area contributed by atoms with Gasteiger partial charge in [-0.05, 0) is 25.8 Å². The van der Waals surface area contributed by atoms with Crippen LogP contribution in [-0.2, 0) is 0 Å². The Morgan fingerprint density at radius 1 is 1.23 bits per heavy atom. The Morgan fingerprint density at radius 3 is 2.60 bits per heavy atom. The van der Waals surface area contributed by atoms with Gasteiger partial charge in [-0.3, -0.25) is 9.36 Å². The zero-order chi connectivity index (χ0) is 25.6. The first-order chi connectivity index (χ1) is 16.5. The van der Waals surface area contributed by atoms with Crippen molar-refractivity contribution in [3.63, 3.8) is 0 Å². The summed E-state index contributed by atoms with van der Waals surface area (Å²) >= 11 is 6.64. The summed E-state index contributed by atoms with van der Waals surface area (Å²) in [6, 6.07) is 1.33. The molecule has 4 rings (SSSR count). The fraction of sp³-hybridized carbons (Fsp3) is 0.261. The van der Waals surface area contributed by atoms with Crippen LogP contribution in [0.4, 0.5) is 24.7 Å². The molecule has 3 aromatic rings. The fourth-order valence-electron chi connectivity index (χ4n) is 4.21. The van der Waals surface area contributed by atoms with Crippen LogP contribution in [0.5, 0.6) is 0 Å². The SMILES string of the molecule is CC(CN)=C1CCCN(c2c(F)cc3c(=O)c(C(=O)O)cn(-c4nc(N)c(F)cc4F)c3c2Cl)C1. The van der Waals surface area contributed by atoms with Crippen molar-refractivity contribution in [1.82, 2.24) is 9.55 Å². The zero-order valence-corrected chi connectivity index (χ0v) is 19.3. The lowest BCUT2D eigenvalue weighted by atomic mass is 9.98. The quantitative estimate of drug-likeness (QED) is 0.460. The predicted molar refractivity (Wildman–Crippen MR) is 127 cm³/mol. The van der Waals surface area contributed by atoms with Crippen LogP contribution in [-0.4, -0.2) is 40.3 Å². The van der Waals surface area contributed by atoms with Gasteiger partial charge in [-0.15, -0.1) is 0 Å². The summed E-state index contributed by atoms with van der Waals surface area (Å²) in [4.78, 5) is 29.9. The number of pyridine rings is 2. The van der Waals surface area contributed by atoms with E-state index in [-0.39, 0.29) is 16.2 Å². The maximum Gasteiger partial charge on any atom is 0.341 e. The number of benzene rings is 1. The number of piperidine rings is 1. The molecule has 0 radical (unpaired) electrons. The van der Waals surface area contributed by atoms with Crippen LogP contribution >= 0.6 is 11.6 Å². The molecule has 0 amide bonds. The molecule has 0 atom stereocenters. The van der Waals surface area contributed by atoms with E-state index >= 15 is 4.39 Å². The molecule has 1 aliphatic rings. The van der Waals surface area contributed by atoms with Gasteiger partial charge in [0.25, 0.3) is 0 Å². The van der Waals surface area contributed by atoms with Gasteiger partial charge >= 0.3 is 5.97 Å². The molecule has 12 heteroatoms. The third-order valence-corrected chi connectivity index (χ3v) is 6.43. The van der Waals surface area contributed by atoms with E-state index < -0.39 is 51.4 Å². The van der Waals surface area contributed by atoms with Crippen molar-refractivity contribution in [2.45, 2.75) is 19.8 Å². The summed E-state index contributed by atoms with van der Waals surface area (Å²) in [6.07, 6.45) is 2.28. The molecule has 0 saturated carbocycles. The highest BCUT2D eigenvalue weighted by atomic mass is 35.5. The van der Waals surface area contributed by atoms with Crippen LogP contribution in [0.1, 0.15) is 30.1 Å². The maximum atomic E-state index is 15.4. The second-order valence-corrected chi connectivity index (χ2v) is 8.62. The van der Waals surface area contributed by atoms with Crippen LogP contribution in [0.25, 0.3) is 16.7 Å². The summed E-state index contributed by atoms with van der Waals surface area (Å²) in [6.45, 7) is 3.00. The molecular formula is C23H21ClF3N5O3. The second-order valence-electron chi connectivity index (χ2n) is 8.24. The van der Waals surface area contributed by atoms with Crippen LogP contribution < -0.4 is 21.8 Å². The first-order valence-corrected chi connectivity index (χ1v) is 11.0. The number of carboxylic acid groups (broad SMARTS) is 1. The largest absolute Gasteiger partial charge is 0.477 e. The summed E-state index contributed by atoms with van der Waals surface area (Å²) in [5.41, 5.74) is 11.2. The van der Waals surface area contributed by atoms with E-state index in [2.05, 4.69) is 4.98 Å². The first kappa shape index (κ1) is 24.6. The summed E-state index contributed by atoms with van der Waals surface area (Å²) in [7, 11) is 0. The van der Waals surface area contributed by atoms with E-state index in [1.807, 2.05) is 6.92 Å². The van der Waals surface area contributed by atoms with Crippen LogP contribution in [0.3, 0.4) is 0 Å². The smallest absolute Gasteiger partial charge is 0.341 e. The lowest BCUT2D eigenvalue weighted by Gasteiger charge is -2.33. The van der Waals surface area contributed by atoms with Crippen LogP contribution in [0.2, 0.25) is 5.02 Å². The molecule has 1 aromatic carbocycles. The summed E-state index contributed by atoms with van der Waals surface area (Å²) < 4.78 is 44.8. The van der Waals surface area contributed by atoms with Gasteiger partial charge in [0, 0.05) is 31.9 Å². The lowest BCUT2D eigenvalue weighted by molar-refractivity contribution is 0.0695. The van der Waals surface area contributed by atoms with E-state index in [9.17, 15) is 23.5 Å². The zero-order valence-electron chi connectivity index (χ0n) is 18.5. The molecule has 8 nitrogen and oxygen atoms in total. The molecule has 35 heavy (non-hydrogen) atoms. The highest BCUT2D eigenvalue weighted by molar-refractivity contribution is 6.38. The molecule has 0 bridgehead atoms. The molecule has 0 aliphatic carbocycles. The van der Waals surface area contributed by atoms with Crippen molar-refractivity contribution in [3.8, 4) is 5.82 Å². The number of carbonyl (C=O) groups is 1. The average molecular weight is 508 g/mol. The minimum absolute atomic E-state index is 0.0482. The molecule has 5 N–H and O–H groups in total. The van der Waals surface area contributed by atoms with Crippen molar-refractivity contribution in [2.24, 2.45) is 5.73 Å². The standard InChI is InChI=1S/C23H21ClF3N5O3/c1-10(7-28)11-3-2-4-31(8-11)19-14(25)5-12-18(17(19)24)32(9-13(20(12)33)23(34)35)22-16(27)6-15(26)21(29)30-22/h5-6,9H,2-4,7-8,28H2,1H3,(H2,29,30)(H,34,35). The number of hydrogen-bond donors (Lipinski definition) is 3. The number of fused-ring (bicyclic) bond motifs is 1. The van der Waals surface area contributed by atoms with Gasteiger partial charge in [-0.2, -0.15) is 0 Å². The number of aromatic carboxylic acids is 1. The van der Waals surface area contributed by atoms with Gasteiger partial charge in [-0.1, -0.05) is 22.7 Å². The number of halogens is 4. The van der Waals surface area contributed by atoms with E-state index in [0.717, 1.165) is 34.4 Å². The van der Waals surface area contributed by atoms with Gasteiger partial charge < -0.3 is 21.5 Å². The third kappa shape index (κ3) is 4.21. The number of nitrogens with zero attached hydrogens (tertiary/aromatic N) is 3. The van der Waals surface area contributed by atoms with E-state index in [1.54, 1.807) is 4.90 Å². The topological polar surface area (TPSA) is 127 Å². The highest BCUT2D eigenvalue weighted by Gasteiger charge is 2.27. The Labute approximate surface area is 202 Å². The second kappa shape index (κ2) is 9.23. The minimum atomic E-state index is -1.63. The molecule has 0 unspecified atom stereocenters. The Morgan fingerprint density at radius 2 is 1.94 bits per heavy atom. The molecule has 1 saturated heterocycles. The van der Waals surface area contributed by atoms with Gasteiger partial charge in [0.1, 0.15) is 11.4 Å². The number of carboxylic acids is 1. The van der Waals surface area contributed by atoms with Crippen LogP contribution in [0.15, 0.2) is 34.3 Å². The number of rotatable bonds is 4.